The molecule has 0 atom stereocenters. The number of aromatic nitrogens is 1. The van der Waals surface area contributed by atoms with Gasteiger partial charge in [-0.1, -0.05) is 26.2 Å². The first kappa shape index (κ1) is 16.9. The van der Waals surface area contributed by atoms with Gasteiger partial charge in [-0.15, -0.1) is 0 Å². The standard InChI is InChI=1S/C15H25N5O/c1-2-3-4-5-9-19-15(16)20-11-10-18-14(21)13-7-6-8-17-12-13/h6-8,12H,2-5,9-11H2,1H3,(H,18,21)(H3,16,19,20). The summed E-state index contributed by atoms with van der Waals surface area (Å²) < 4.78 is 0. The van der Waals surface area contributed by atoms with Gasteiger partial charge in [-0.25, -0.2) is 0 Å². The van der Waals surface area contributed by atoms with Crippen molar-refractivity contribution in [3.8, 4) is 0 Å². The highest BCUT2D eigenvalue weighted by atomic mass is 16.1. The summed E-state index contributed by atoms with van der Waals surface area (Å²) in [5, 5.41) is 5.76. The van der Waals surface area contributed by atoms with Gasteiger partial charge in [-0.2, -0.15) is 0 Å². The number of nitrogens with zero attached hydrogens (tertiary/aromatic N) is 2. The Hall–Kier alpha value is -2.11. The van der Waals surface area contributed by atoms with E-state index in [4.69, 9.17) is 5.73 Å². The Bertz CT molecular complexity index is 433. The van der Waals surface area contributed by atoms with Crippen LogP contribution in [-0.4, -0.2) is 36.5 Å². The zero-order chi connectivity index (χ0) is 15.3. The molecule has 0 unspecified atom stereocenters. The zero-order valence-corrected chi connectivity index (χ0v) is 12.6. The number of pyridine rings is 1. The first-order valence-electron chi connectivity index (χ1n) is 7.46. The van der Waals surface area contributed by atoms with Crippen molar-refractivity contribution < 1.29 is 4.79 Å². The van der Waals surface area contributed by atoms with Crippen LogP contribution in [0.25, 0.3) is 0 Å². The van der Waals surface area contributed by atoms with Crippen LogP contribution in [0.4, 0.5) is 0 Å². The molecule has 1 rings (SSSR count). The summed E-state index contributed by atoms with van der Waals surface area (Å²) in [6, 6.07) is 3.46. The topological polar surface area (TPSA) is 92.4 Å². The maximum atomic E-state index is 11.7. The molecule has 0 aromatic carbocycles. The maximum absolute atomic E-state index is 11.7. The van der Waals surface area contributed by atoms with Gasteiger partial charge in [0.25, 0.3) is 5.91 Å². The van der Waals surface area contributed by atoms with Gasteiger partial charge < -0.3 is 16.4 Å². The van der Waals surface area contributed by atoms with Crippen molar-refractivity contribution in [3.63, 3.8) is 0 Å². The summed E-state index contributed by atoms with van der Waals surface area (Å²) >= 11 is 0. The van der Waals surface area contributed by atoms with Crippen molar-refractivity contribution in [2.24, 2.45) is 10.7 Å². The smallest absolute Gasteiger partial charge is 0.252 e. The molecule has 1 aromatic heterocycles. The molecule has 21 heavy (non-hydrogen) atoms. The van der Waals surface area contributed by atoms with Crippen LogP contribution in [0, 0.1) is 0 Å². The van der Waals surface area contributed by atoms with E-state index in [9.17, 15) is 4.79 Å². The number of hydrogen-bond acceptors (Lipinski definition) is 3. The minimum absolute atomic E-state index is 0.139. The molecule has 0 aliphatic heterocycles. The number of guanidine groups is 1. The number of nitrogens with two attached hydrogens (primary N) is 1. The van der Waals surface area contributed by atoms with E-state index >= 15 is 0 Å². The Balaban J connectivity index is 2.10. The molecule has 0 radical (unpaired) electrons. The van der Waals surface area contributed by atoms with E-state index in [2.05, 4.69) is 27.5 Å². The van der Waals surface area contributed by atoms with E-state index in [0.29, 0.717) is 24.6 Å². The summed E-state index contributed by atoms with van der Waals surface area (Å²) in [6.45, 7) is 3.97. The van der Waals surface area contributed by atoms with Crippen LogP contribution in [0.3, 0.4) is 0 Å². The molecule has 0 spiro atoms. The molecule has 0 saturated heterocycles. The lowest BCUT2D eigenvalue weighted by Crippen LogP contribution is -2.38. The van der Waals surface area contributed by atoms with Gasteiger partial charge in [0.2, 0.25) is 0 Å². The second kappa shape index (κ2) is 10.7. The van der Waals surface area contributed by atoms with Crippen LogP contribution in [0.15, 0.2) is 29.5 Å². The minimum Gasteiger partial charge on any atom is -0.370 e. The summed E-state index contributed by atoms with van der Waals surface area (Å²) in [4.78, 5) is 19.9. The quantitative estimate of drug-likeness (QED) is 0.363. The van der Waals surface area contributed by atoms with E-state index in [1.54, 1.807) is 18.3 Å². The Morgan fingerprint density at radius 3 is 2.81 bits per heavy atom. The Morgan fingerprint density at radius 2 is 2.10 bits per heavy atom. The van der Waals surface area contributed by atoms with Crippen molar-refractivity contribution in [2.75, 3.05) is 19.6 Å². The third-order valence-corrected chi connectivity index (χ3v) is 2.93. The molecule has 0 fully saturated rings. The van der Waals surface area contributed by atoms with E-state index < -0.39 is 0 Å². The number of unbranched alkanes of at least 4 members (excludes halogenated alkanes) is 3. The van der Waals surface area contributed by atoms with E-state index in [-0.39, 0.29) is 5.91 Å². The number of carbonyl (C=O) groups is 1. The molecule has 4 N–H and O–H groups in total. The molecule has 116 valence electrons. The Kier molecular flexibility index (Phi) is 8.59. The van der Waals surface area contributed by atoms with Crippen LogP contribution < -0.4 is 16.4 Å². The monoisotopic (exact) mass is 291 g/mol. The molecule has 6 heteroatoms. The van der Waals surface area contributed by atoms with Crippen molar-refractivity contribution in [1.29, 1.82) is 0 Å². The molecule has 0 aliphatic rings. The van der Waals surface area contributed by atoms with Crippen LogP contribution in [0.1, 0.15) is 43.0 Å². The van der Waals surface area contributed by atoms with Gasteiger partial charge in [0, 0.05) is 32.0 Å². The summed E-state index contributed by atoms with van der Waals surface area (Å²) in [5.41, 5.74) is 6.28. The largest absolute Gasteiger partial charge is 0.370 e. The second-order valence-electron chi connectivity index (χ2n) is 4.75. The minimum atomic E-state index is -0.139. The first-order valence-corrected chi connectivity index (χ1v) is 7.46. The first-order chi connectivity index (χ1) is 10.2. The van der Waals surface area contributed by atoms with Gasteiger partial charge in [0.05, 0.1) is 5.56 Å². The lowest BCUT2D eigenvalue weighted by atomic mass is 10.2. The lowest BCUT2D eigenvalue weighted by Gasteiger charge is -2.07. The number of nitrogens with one attached hydrogen (secondary N) is 2. The molecule has 1 heterocycles. The van der Waals surface area contributed by atoms with Crippen LogP contribution >= 0.6 is 0 Å². The van der Waals surface area contributed by atoms with Gasteiger partial charge in [-0.05, 0) is 18.6 Å². The highest BCUT2D eigenvalue weighted by molar-refractivity contribution is 5.93. The molecule has 1 aromatic rings. The molecule has 6 nitrogen and oxygen atoms in total. The molecule has 1 amide bonds. The predicted molar refractivity (Wildman–Crippen MR) is 85.2 cm³/mol. The molecular formula is C15H25N5O. The molecule has 0 aliphatic carbocycles. The Labute approximate surface area is 126 Å². The molecule has 0 bridgehead atoms. The third kappa shape index (κ3) is 7.91. The average molecular weight is 291 g/mol. The van der Waals surface area contributed by atoms with Crippen LogP contribution in [0.5, 0.6) is 0 Å². The van der Waals surface area contributed by atoms with Gasteiger partial charge >= 0.3 is 0 Å². The fourth-order valence-corrected chi connectivity index (χ4v) is 1.76. The van der Waals surface area contributed by atoms with Gasteiger partial charge in [-0.3, -0.25) is 14.8 Å². The van der Waals surface area contributed by atoms with Crippen molar-refractivity contribution >= 4 is 11.9 Å². The zero-order valence-electron chi connectivity index (χ0n) is 12.6. The normalized spacial score (nSPS) is 11.2. The average Bonchev–Trinajstić information content (AvgIpc) is 2.52. The van der Waals surface area contributed by atoms with Crippen molar-refractivity contribution in [1.82, 2.24) is 15.6 Å². The van der Waals surface area contributed by atoms with E-state index in [1.807, 2.05) is 0 Å². The van der Waals surface area contributed by atoms with Crippen LogP contribution in [0.2, 0.25) is 0 Å². The van der Waals surface area contributed by atoms with Crippen LogP contribution in [-0.2, 0) is 0 Å². The third-order valence-electron chi connectivity index (χ3n) is 2.93. The molecular weight excluding hydrogens is 266 g/mol. The Morgan fingerprint density at radius 1 is 1.29 bits per heavy atom. The number of hydrogen-bond donors (Lipinski definition) is 3. The van der Waals surface area contributed by atoms with Gasteiger partial charge in [0.15, 0.2) is 5.96 Å². The van der Waals surface area contributed by atoms with E-state index in [0.717, 1.165) is 13.0 Å². The highest BCUT2D eigenvalue weighted by Gasteiger charge is 2.03. The number of amides is 1. The summed E-state index contributed by atoms with van der Waals surface area (Å²) in [5.74, 6) is 0.294. The predicted octanol–water partition coefficient (Wildman–Crippen LogP) is 1.30. The maximum Gasteiger partial charge on any atom is 0.252 e. The van der Waals surface area contributed by atoms with Gasteiger partial charge in [0.1, 0.15) is 0 Å². The molecule has 0 saturated carbocycles. The van der Waals surface area contributed by atoms with Crippen molar-refractivity contribution in [2.45, 2.75) is 32.6 Å². The highest BCUT2D eigenvalue weighted by Crippen LogP contribution is 1.98. The fourth-order valence-electron chi connectivity index (χ4n) is 1.76. The summed E-state index contributed by atoms with van der Waals surface area (Å²) in [7, 11) is 0. The van der Waals surface area contributed by atoms with E-state index in [1.165, 1.54) is 25.5 Å². The lowest BCUT2D eigenvalue weighted by molar-refractivity contribution is 0.0954. The second-order valence-corrected chi connectivity index (χ2v) is 4.75. The number of carbonyl (C=O) groups excluding carboxylic acids is 1. The SMILES string of the molecule is CCCCCCN=C(N)NCCNC(=O)c1cccnc1. The number of aliphatic imine (C=N–C) groups is 1. The summed E-state index contributed by atoms with van der Waals surface area (Å²) in [6.07, 6.45) is 7.88. The van der Waals surface area contributed by atoms with Crippen molar-refractivity contribution in [3.05, 3.63) is 30.1 Å². The fraction of sp³-hybridized carbons (Fsp3) is 0.533. The number of rotatable bonds is 9.